The fourth-order valence-electron chi connectivity index (χ4n) is 5.00. The third-order valence-electron chi connectivity index (χ3n) is 6.26. The Bertz CT molecular complexity index is 770. The molecule has 3 atom stereocenters. The van der Waals surface area contributed by atoms with Crippen molar-refractivity contribution in [2.45, 2.75) is 43.5 Å². The summed E-state index contributed by atoms with van der Waals surface area (Å²) < 4.78 is 27.4. The van der Waals surface area contributed by atoms with Crippen LogP contribution in [0.25, 0.3) is 0 Å². The van der Waals surface area contributed by atoms with Gasteiger partial charge >= 0.3 is 0 Å². The van der Waals surface area contributed by atoms with Gasteiger partial charge in [0, 0.05) is 44.8 Å². The van der Waals surface area contributed by atoms with Gasteiger partial charge in [-0.1, -0.05) is 6.42 Å². The first-order valence-electron chi connectivity index (χ1n) is 9.55. The van der Waals surface area contributed by atoms with Gasteiger partial charge < -0.3 is 5.32 Å². The normalized spacial score (nSPS) is 29.8. The van der Waals surface area contributed by atoms with Crippen LogP contribution in [0.1, 0.15) is 32.6 Å². The van der Waals surface area contributed by atoms with Gasteiger partial charge in [-0.05, 0) is 55.4 Å². The van der Waals surface area contributed by atoms with Crippen LogP contribution in [-0.4, -0.2) is 55.8 Å². The molecule has 26 heavy (non-hydrogen) atoms. The maximum atomic E-state index is 12.9. The van der Waals surface area contributed by atoms with Gasteiger partial charge in [-0.15, -0.1) is 0 Å². The highest BCUT2D eigenvalue weighted by Gasteiger charge is 2.43. The Kier molecular flexibility index (Phi) is 4.79. The number of carbonyl (C=O) groups is 1. The van der Waals surface area contributed by atoms with Crippen LogP contribution in [0.15, 0.2) is 29.2 Å². The van der Waals surface area contributed by atoms with E-state index in [0.29, 0.717) is 29.7 Å². The summed E-state index contributed by atoms with van der Waals surface area (Å²) in [5.74, 6) is 1.58. The summed E-state index contributed by atoms with van der Waals surface area (Å²) in [7, 11) is -3.47. The number of sulfonamides is 1. The maximum Gasteiger partial charge on any atom is 0.243 e. The molecule has 2 bridgehead atoms. The molecule has 1 aliphatic heterocycles. The fourth-order valence-corrected chi connectivity index (χ4v) is 6.42. The van der Waals surface area contributed by atoms with Gasteiger partial charge in [0.05, 0.1) is 4.90 Å². The number of anilines is 1. The summed E-state index contributed by atoms with van der Waals surface area (Å²) >= 11 is 0. The number of nitrogens with zero attached hydrogens (tertiary/aromatic N) is 2. The molecule has 3 aliphatic rings. The van der Waals surface area contributed by atoms with E-state index in [1.54, 1.807) is 28.6 Å². The average molecular weight is 378 g/mol. The van der Waals surface area contributed by atoms with Crippen LogP contribution in [0.5, 0.6) is 0 Å². The minimum Gasteiger partial charge on any atom is -0.326 e. The summed E-state index contributed by atoms with van der Waals surface area (Å²) in [5.41, 5.74) is 0.609. The van der Waals surface area contributed by atoms with Gasteiger partial charge in [0.2, 0.25) is 15.9 Å². The molecular weight excluding hydrogens is 350 g/mol. The number of amides is 1. The molecule has 1 saturated heterocycles. The number of fused-ring (bicyclic) bond motifs is 2. The third-order valence-corrected chi connectivity index (χ3v) is 8.17. The minimum absolute atomic E-state index is 0.169. The summed E-state index contributed by atoms with van der Waals surface area (Å²) in [5, 5.41) is 2.66. The number of piperazine rings is 1. The highest BCUT2D eigenvalue weighted by Crippen LogP contribution is 2.46. The molecule has 0 aromatic heterocycles. The van der Waals surface area contributed by atoms with E-state index in [0.717, 1.165) is 24.9 Å². The lowest BCUT2D eigenvalue weighted by atomic mass is 9.93. The molecule has 0 unspecified atom stereocenters. The highest BCUT2D eigenvalue weighted by atomic mass is 32.2. The highest BCUT2D eigenvalue weighted by molar-refractivity contribution is 7.89. The summed E-state index contributed by atoms with van der Waals surface area (Å²) in [6.07, 6.45) is 5.43. The number of nitrogens with one attached hydrogen (secondary N) is 1. The Morgan fingerprint density at radius 3 is 2.27 bits per heavy atom. The molecule has 2 aliphatic carbocycles. The molecule has 1 heterocycles. The van der Waals surface area contributed by atoms with E-state index in [1.165, 1.54) is 32.6 Å². The van der Waals surface area contributed by atoms with Crippen molar-refractivity contribution in [3.05, 3.63) is 24.3 Å². The summed E-state index contributed by atoms with van der Waals surface area (Å²) in [6.45, 7) is 4.21. The Balaban J connectivity index is 1.39. The molecule has 142 valence electrons. The topological polar surface area (TPSA) is 69.7 Å². The zero-order valence-corrected chi connectivity index (χ0v) is 16.0. The predicted octanol–water partition coefficient (Wildman–Crippen LogP) is 2.14. The minimum atomic E-state index is -3.47. The molecule has 0 radical (unpaired) electrons. The molecule has 2 saturated carbocycles. The van der Waals surface area contributed by atoms with E-state index < -0.39 is 10.0 Å². The molecule has 1 amide bonds. The summed E-state index contributed by atoms with van der Waals surface area (Å²) in [4.78, 5) is 13.9. The van der Waals surface area contributed by atoms with Crippen molar-refractivity contribution in [1.29, 1.82) is 0 Å². The van der Waals surface area contributed by atoms with Crippen LogP contribution in [0.4, 0.5) is 5.69 Å². The Morgan fingerprint density at radius 1 is 1.04 bits per heavy atom. The van der Waals surface area contributed by atoms with E-state index in [9.17, 15) is 13.2 Å². The zero-order chi connectivity index (χ0) is 18.3. The number of benzene rings is 1. The Hall–Kier alpha value is -1.44. The molecule has 4 rings (SSSR count). The van der Waals surface area contributed by atoms with E-state index >= 15 is 0 Å². The van der Waals surface area contributed by atoms with E-state index in [-0.39, 0.29) is 5.91 Å². The van der Waals surface area contributed by atoms with Gasteiger partial charge in [0.15, 0.2) is 0 Å². The lowest BCUT2D eigenvalue weighted by Gasteiger charge is -2.40. The molecule has 6 nitrogen and oxygen atoms in total. The first-order chi connectivity index (χ1) is 12.4. The van der Waals surface area contributed by atoms with Crippen molar-refractivity contribution in [1.82, 2.24) is 9.21 Å². The van der Waals surface area contributed by atoms with Crippen LogP contribution in [0.3, 0.4) is 0 Å². The van der Waals surface area contributed by atoms with Crippen LogP contribution >= 0.6 is 0 Å². The fraction of sp³-hybridized carbons (Fsp3) is 0.632. The smallest absolute Gasteiger partial charge is 0.243 e. The second-order valence-corrected chi connectivity index (χ2v) is 9.83. The van der Waals surface area contributed by atoms with Gasteiger partial charge in [-0.2, -0.15) is 4.31 Å². The number of hydrogen-bond donors (Lipinski definition) is 1. The Morgan fingerprint density at radius 2 is 1.73 bits per heavy atom. The second kappa shape index (κ2) is 6.94. The lowest BCUT2D eigenvalue weighted by Crippen LogP contribution is -2.53. The lowest BCUT2D eigenvalue weighted by molar-refractivity contribution is -0.114. The number of rotatable bonds is 4. The first kappa shape index (κ1) is 17.9. The summed E-state index contributed by atoms with van der Waals surface area (Å²) in [6, 6.07) is 7.10. The van der Waals surface area contributed by atoms with Crippen molar-refractivity contribution in [2.24, 2.45) is 11.8 Å². The van der Waals surface area contributed by atoms with Gasteiger partial charge in [-0.3, -0.25) is 9.69 Å². The van der Waals surface area contributed by atoms with Crippen LogP contribution in [0.2, 0.25) is 0 Å². The molecule has 0 spiro atoms. The second-order valence-electron chi connectivity index (χ2n) is 7.89. The van der Waals surface area contributed by atoms with Crippen molar-refractivity contribution in [3.63, 3.8) is 0 Å². The number of hydrogen-bond acceptors (Lipinski definition) is 4. The van der Waals surface area contributed by atoms with Gasteiger partial charge in [-0.25, -0.2) is 8.42 Å². The largest absolute Gasteiger partial charge is 0.326 e. The first-order valence-corrected chi connectivity index (χ1v) is 11.0. The monoisotopic (exact) mass is 377 g/mol. The molecule has 3 fully saturated rings. The Labute approximate surface area is 155 Å². The van der Waals surface area contributed by atoms with E-state index in [4.69, 9.17) is 0 Å². The molecule has 1 aromatic rings. The SMILES string of the molecule is CC(=O)Nc1ccc(S(=O)(=O)N2CCN([C@H]3C[C@H]4CC[C@@H]3C4)CC2)cc1. The van der Waals surface area contributed by atoms with Crippen molar-refractivity contribution >= 4 is 21.6 Å². The van der Waals surface area contributed by atoms with Crippen molar-refractivity contribution < 1.29 is 13.2 Å². The third kappa shape index (κ3) is 3.40. The zero-order valence-electron chi connectivity index (χ0n) is 15.2. The van der Waals surface area contributed by atoms with Crippen LogP contribution in [-0.2, 0) is 14.8 Å². The standard InChI is InChI=1S/C19H27N3O3S/c1-14(23)20-17-4-6-18(7-5-17)26(24,25)22-10-8-21(9-11-22)19-13-15-2-3-16(19)12-15/h4-7,15-16,19H,2-3,8-13H2,1H3,(H,20,23)/t15-,16+,19-/m0/s1. The molecular formula is C19H27N3O3S. The van der Waals surface area contributed by atoms with Crippen LogP contribution < -0.4 is 5.32 Å². The predicted molar refractivity (Wildman–Crippen MR) is 100 cm³/mol. The van der Waals surface area contributed by atoms with Crippen LogP contribution in [0, 0.1) is 11.8 Å². The molecule has 1 aromatic carbocycles. The van der Waals surface area contributed by atoms with E-state index in [1.807, 2.05) is 0 Å². The average Bonchev–Trinajstić information content (AvgIpc) is 3.25. The van der Waals surface area contributed by atoms with E-state index in [2.05, 4.69) is 10.2 Å². The van der Waals surface area contributed by atoms with Crippen molar-refractivity contribution in [2.75, 3.05) is 31.5 Å². The quantitative estimate of drug-likeness (QED) is 0.873. The van der Waals surface area contributed by atoms with Gasteiger partial charge in [0.25, 0.3) is 0 Å². The molecule has 7 heteroatoms. The maximum absolute atomic E-state index is 12.9. The van der Waals surface area contributed by atoms with Crippen molar-refractivity contribution in [3.8, 4) is 0 Å². The van der Waals surface area contributed by atoms with Gasteiger partial charge in [0.1, 0.15) is 0 Å². The number of carbonyl (C=O) groups excluding carboxylic acids is 1. The molecule has 1 N–H and O–H groups in total.